The predicted octanol–water partition coefficient (Wildman–Crippen LogP) is 3.93. The van der Waals surface area contributed by atoms with Gasteiger partial charge in [0.15, 0.2) is 0 Å². The van der Waals surface area contributed by atoms with Gasteiger partial charge < -0.3 is 16.0 Å². The van der Waals surface area contributed by atoms with E-state index in [1.54, 1.807) is 6.07 Å². The average molecular weight is 398 g/mol. The summed E-state index contributed by atoms with van der Waals surface area (Å²) in [5.74, 6) is 1.17. The van der Waals surface area contributed by atoms with Crippen molar-refractivity contribution in [1.29, 1.82) is 0 Å². The van der Waals surface area contributed by atoms with Crippen LogP contribution in [0.5, 0.6) is 0 Å². The van der Waals surface area contributed by atoms with Crippen LogP contribution < -0.4 is 11.1 Å². The molecular formula is C22H27N3O2S. The second-order valence-electron chi connectivity index (χ2n) is 8.27. The molecule has 2 heterocycles. The molecule has 1 aromatic carbocycles. The first-order valence-electron chi connectivity index (χ1n) is 9.97. The number of hydrogen-bond acceptors (Lipinski definition) is 4. The minimum absolute atomic E-state index is 0.00620. The molecule has 0 radical (unpaired) electrons. The van der Waals surface area contributed by atoms with Crippen LogP contribution in [0.2, 0.25) is 0 Å². The summed E-state index contributed by atoms with van der Waals surface area (Å²) < 4.78 is 0. The van der Waals surface area contributed by atoms with Crippen molar-refractivity contribution in [1.82, 2.24) is 4.90 Å². The number of nitrogens with one attached hydrogen (secondary N) is 1. The molecule has 0 spiro atoms. The topological polar surface area (TPSA) is 75.4 Å². The number of thiophene rings is 1. The Morgan fingerprint density at radius 3 is 2.57 bits per heavy atom. The fraction of sp³-hybridized carbons (Fsp3) is 0.455. The van der Waals surface area contributed by atoms with E-state index in [-0.39, 0.29) is 17.9 Å². The van der Waals surface area contributed by atoms with E-state index in [9.17, 15) is 9.59 Å². The summed E-state index contributed by atoms with van der Waals surface area (Å²) in [6.45, 7) is 5.75. The molecule has 148 valence electrons. The van der Waals surface area contributed by atoms with Crippen LogP contribution in [0.4, 0.5) is 5.00 Å². The van der Waals surface area contributed by atoms with E-state index in [1.807, 2.05) is 34.5 Å². The zero-order chi connectivity index (χ0) is 19.8. The minimum Gasteiger partial charge on any atom is -0.338 e. The molecule has 2 aliphatic rings. The van der Waals surface area contributed by atoms with E-state index in [0.29, 0.717) is 33.9 Å². The molecule has 6 heteroatoms. The van der Waals surface area contributed by atoms with Crippen LogP contribution in [-0.4, -0.2) is 35.8 Å². The number of carbonyl (C=O) groups excluding carboxylic acids is 2. The standard InChI is InChI=1S/C22H27N3O2S/c1-13(2)14-3-5-15(6-4-14)20(26)24-21-17(9-10-28-21)22(27)25-11-16-7-8-19(23)18(16)12-25/h3-6,9-10,13,16,18-19H,7-8,11-12,23H2,1-2H3,(H,24,26). The van der Waals surface area contributed by atoms with Gasteiger partial charge >= 0.3 is 0 Å². The van der Waals surface area contributed by atoms with Crippen molar-refractivity contribution < 1.29 is 9.59 Å². The van der Waals surface area contributed by atoms with E-state index in [0.717, 1.165) is 25.9 Å². The largest absolute Gasteiger partial charge is 0.338 e. The average Bonchev–Trinajstić information content (AvgIpc) is 3.39. The van der Waals surface area contributed by atoms with Gasteiger partial charge in [0.1, 0.15) is 5.00 Å². The van der Waals surface area contributed by atoms with Crippen LogP contribution in [0.1, 0.15) is 58.9 Å². The molecule has 3 unspecified atom stereocenters. The summed E-state index contributed by atoms with van der Waals surface area (Å²) >= 11 is 1.39. The van der Waals surface area contributed by atoms with Gasteiger partial charge in [-0.15, -0.1) is 11.3 Å². The van der Waals surface area contributed by atoms with Gasteiger partial charge in [0.25, 0.3) is 11.8 Å². The lowest BCUT2D eigenvalue weighted by molar-refractivity contribution is 0.0781. The maximum Gasteiger partial charge on any atom is 0.256 e. The van der Waals surface area contributed by atoms with Gasteiger partial charge in [-0.25, -0.2) is 0 Å². The third kappa shape index (κ3) is 3.59. The van der Waals surface area contributed by atoms with Crippen molar-refractivity contribution in [2.75, 3.05) is 18.4 Å². The second kappa shape index (κ2) is 7.68. The molecule has 2 amide bonds. The van der Waals surface area contributed by atoms with Gasteiger partial charge in [-0.2, -0.15) is 0 Å². The number of likely N-dealkylation sites (tertiary alicyclic amines) is 1. The molecular weight excluding hydrogens is 370 g/mol. The molecule has 1 aliphatic heterocycles. The van der Waals surface area contributed by atoms with Crippen LogP contribution in [0.25, 0.3) is 0 Å². The number of amides is 2. The molecule has 5 nitrogen and oxygen atoms in total. The Hall–Kier alpha value is -2.18. The normalized spacial score (nSPS) is 23.9. The Kier molecular flexibility index (Phi) is 5.25. The minimum atomic E-state index is -0.188. The number of fused-ring (bicyclic) bond motifs is 1. The second-order valence-corrected chi connectivity index (χ2v) is 9.19. The molecule has 1 saturated heterocycles. The summed E-state index contributed by atoms with van der Waals surface area (Å²) in [5, 5.41) is 5.40. The highest BCUT2D eigenvalue weighted by Crippen LogP contribution is 2.38. The molecule has 3 N–H and O–H groups in total. The van der Waals surface area contributed by atoms with E-state index in [2.05, 4.69) is 19.2 Å². The number of anilines is 1. The molecule has 2 aromatic rings. The zero-order valence-corrected chi connectivity index (χ0v) is 17.2. The maximum atomic E-state index is 13.0. The van der Waals surface area contributed by atoms with Crippen LogP contribution in [-0.2, 0) is 0 Å². The van der Waals surface area contributed by atoms with Gasteiger partial charge in [0.05, 0.1) is 5.56 Å². The summed E-state index contributed by atoms with van der Waals surface area (Å²) in [5.41, 5.74) is 8.56. The highest BCUT2D eigenvalue weighted by Gasteiger charge is 2.43. The monoisotopic (exact) mass is 397 g/mol. The first-order chi connectivity index (χ1) is 13.4. The Labute approximate surface area is 169 Å². The third-order valence-corrected chi connectivity index (χ3v) is 6.99. The van der Waals surface area contributed by atoms with Crippen molar-refractivity contribution in [2.24, 2.45) is 17.6 Å². The Morgan fingerprint density at radius 2 is 1.89 bits per heavy atom. The smallest absolute Gasteiger partial charge is 0.256 e. The van der Waals surface area contributed by atoms with E-state index in [1.165, 1.54) is 16.9 Å². The molecule has 1 aliphatic carbocycles. The van der Waals surface area contributed by atoms with E-state index >= 15 is 0 Å². The van der Waals surface area contributed by atoms with Crippen LogP contribution >= 0.6 is 11.3 Å². The van der Waals surface area contributed by atoms with Gasteiger partial charge in [0.2, 0.25) is 0 Å². The lowest BCUT2D eigenvalue weighted by atomic mass is 9.98. The first-order valence-corrected chi connectivity index (χ1v) is 10.9. The van der Waals surface area contributed by atoms with Gasteiger partial charge in [0, 0.05) is 24.7 Å². The molecule has 2 fully saturated rings. The number of rotatable bonds is 4. The molecule has 3 atom stereocenters. The fourth-order valence-electron chi connectivity index (χ4n) is 4.41. The van der Waals surface area contributed by atoms with Crippen molar-refractivity contribution in [3.8, 4) is 0 Å². The molecule has 1 aromatic heterocycles. The molecule has 1 saturated carbocycles. The summed E-state index contributed by atoms with van der Waals surface area (Å²) in [4.78, 5) is 27.6. The summed E-state index contributed by atoms with van der Waals surface area (Å²) in [6.07, 6.45) is 2.17. The SMILES string of the molecule is CC(C)c1ccc(C(=O)Nc2sccc2C(=O)N2CC3CCC(N)C3C2)cc1. The maximum absolute atomic E-state index is 13.0. The van der Waals surface area contributed by atoms with Gasteiger partial charge in [-0.05, 0) is 59.7 Å². The Balaban J connectivity index is 1.45. The van der Waals surface area contributed by atoms with E-state index < -0.39 is 0 Å². The van der Waals surface area contributed by atoms with Gasteiger partial charge in [-0.3, -0.25) is 9.59 Å². The van der Waals surface area contributed by atoms with Crippen molar-refractivity contribution in [3.05, 3.63) is 52.4 Å². The zero-order valence-electron chi connectivity index (χ0n) is 16.4. The number of nitrogens with two attached hydrogens (primary N) is 1. The number of benzene rings is 1. The lowest BCUT2D eigenvalue weighted by Crippen LogP contribution is -2.33. The predicted molar refractivity (Wildman–Crippen MR) is 113 cm³/mol. The van der Waals surface area contributed by atoms with E-state index in [4.69, 9.17) is 5.73 Å². The van der Waals surface area contributed by atoms with Crippen LogP contribution in [0.3, 0.4) is 0 Å². The third-order valence-electron chi connectivity index (χ3n) is 6.16. The van der Waals surface area contributed by atoms with Crippen molar-refractivity contribution in [3.63, 3.8) is 0 Å². The highest BCUT2D eigenvalue weighted by molar-refractivity contribution is 7.14. The highest BCUT2D eigenvalue weighted by atomic mass is 32.1. The quantitative estimate of drug-likeness (QED) is 0.821. The van der Waals surface area contributed by atoms with Crippen molar-refractivity contribution in [2.45, 2.75) is 38.6 Å². The van der Waals surface area contributed by atoms with Crippen molar-refractivity contribution >= 4 is 28.2 Å². The Bertz CT molecular complexity index is 874. The molecule has 28 heavy (non-hydrogen) atoms. The molecule has 4 rings (SSSR count). The first kappa shape index (κ1) is 19.2. The van der Waals surface area contributed by atoms with Crippen LogP contribution in [0.15, 0.2) is 35.7 Å². The number of nitrogens with zero attached hydrogens (tertiary/aromatic N) is 1. The number of carbonyl (C=O) groups is 2. The molecule has 0 bridgehead atoms. The fourth-order valence-corrected chi connectivity index (χ4v) is 5.19. The van der Waals surface area contributed by atoms with Gasteiger partial charge in [-0.1, -0.05) is 26.0 Å². The Morgan fingerprint density at radius 1 is 1.14 bits per heavy atom. The summed E-state index contributed by atoms with van der Waals surface area (Å²) in [6, 6.07) is 9.64. The van der Waals surface area contributed by atoms with Crippen LogP contribution in [0, 0.1) is 11.8 Å². The summed E-state index contributed by atoms with van der Waals surface area (Å²) in [7, 11) is 0. The number of hydrogen-bond donors (Lipinski definition) is 2. The lowest BCUT2D eigenvalue weighted by Gasteiger charge is -2.19.